The molecule has 0 bridgehead atoms. The lowest BCUT2D eigenvalue weighted by Crippen LogP contribution is -2.25. The van der Waals surface area contributed by atoms with E-state index in [2.05, 4.69) is 5.32 Å². The first-order valence-corrected chi connectivity index (χ1v) is 5.77. The number of halogens is 1. The summed E-state index contributed by atoms with van der Waals surface area (Å²) in [6.45, 7) is 2.04. The van der Waals surface area contributed by atoms with E-state index in [4.69, 9.17) is 5.11 Å². The van der Waals surface area contributed by atoms with Crippen molar-refractivity contribution in [2.24, 2.45) is 5.92 Å². The summed E-state index contributed by atoms with van der Waals surface area (Å²) in [4.78, 5) is 22.1. The average Bonchev–Trinajstić information content (AvgIpc) is 2.34. The van der Waals surface area contributed by atoms with Crippen molar-refractivity contribution >= 4 is 11.9 Å². The van der Waals surface area contributed by atoms with Crippen LogP contribution in [0.25, 0.3) is 0 Å². The molecule has 1 amide bonds. The predicted molar refractivity (Wildman–Crippen MR) is 64.8 cm³/mol. The molecule has 18 heavy (non-hydrogen) atoms. The third-order valence-electron chi connectivity index (χ3n) is 2.63. The van der Waals surface area contributed by atoms with E-state index in [1.54, 1.807) is 6.92 Å². The number of carboxylic acids is 1. The summed E-state index contributed by atoms with van der Waals surface area (Å²) < 4.78 is 12.6. The van der Waals surface area contributed by atoms with Crippen LogP contribution in [0, 0.1) is 11.7 Å². The number of carbonyl (C=O) groups is 2. The Morgan fingerprint density at radius 3 is 2.50 bits per heavy atom. The summed E-state index contributed by atoms with van der Waals surface area (Å²) in [6.07, 6.45) is 1.11. The Bertz CT molecular complexity index is 417. The molecule has 0 aromatic heterocycles. The van der Waals surface area contributed by atoms with Gasteiger partial charge >= 0.3 is 5.97 Å². The summed E-state index contributed by atoms with van der Waals surface area (Å²) in [7, 11) is 0. The van der Waals surface area contributed by atoms with Crippen molar-refractivity contribution in [2.45, 2.75) is 19.8 Å². The van der Waals surface area contributed by atoms with E-state index < -0.39 is 11.9 Å². The number of nitrogens with one attached hydrogen (secondary N) is 1. The van der Waals surface area contributed by atoms with E-state index in [1.165, 1.54) is 24.3 Å². The molecule has 5 heteroatoms. The Morgan fingerprint density at radius 2 is 1.94 bits per heavy atom. The quantitative estimate of drug-likeness (QED) is 0.762. The molecule has 0 spiro atoms. The Balaban J connectivity index is 2.29. The SMILES string of the molecule is CC(CCCNC(=O)c1ccc(F)cc1)C(=O)O. The maximum Gasteiger partial charge on any atom is 0.306 e. The van der Waals surface area contributed by atoms with Crippen molar-refractivity contribution in [3.8, 4) is 0 Å². The van der Waals surface area contributed by atoms with Crippen LogP contribution in [0.15, 0.2) is 24.3 Å². The van der Waals surface area contributed by atoms with Gasteiger partial charge in [0, 0.05) is 12.1 Å². The third kappa shape index (κ3) is 4.53. The fourth-order valence-electron chi connectivity index (χ4n) is 1.44. The Kier molecular flexibility index (Phi) is 5.30. The largest absolute Gasteiger partial charge is 0.481 e. The molecule has 0 saturated carbocycles. The molecule has 1 atom stereocenters. The second-order valence-electron chi connectivity index (χ2n) is 4.14. The molecule has 2 N–H and O–H groups in total. The van der Waals surface area contributed by atoms with Crippen LogP contribution in [-0.2, 0) is 4.79 Å². The van der Waals surface area contributed by atoms with Crippen molar-refractivity contribution in [1.29, 1.82) is 0 Å². The minimum Gasteiger partial charge on any atom is -0.481 e. The lowest BCUT2D eigenvalue weighted by atomic mass is 10.1. The highest BCUT2D eigenvalue weighted by Gasteiger charge is 2.10. The van der Waals surface area contributed by atoms with Gasteiger partial charge < -0.3 is 10.4 Å². The second kappa shape index (κ2) is 6.74. The summed E-state index contributed by atoms with van der Waals surface area (Å²) in [5.74, 6) is -1.91. The van der Waals surface area contributed by atoms with Gasteiger partial charge in [-0.15, -0.1) is 0 Å². The third-order valence-corrected chi connectivity index (χ3v) is 2.63. The number of carbonyl (C=O) groups excluding carboxylic acids is 1. The van der Waals surface area contributed by atoms with E-state index in [9.17, 15) is 14.0 Å². The van der Waals surface area contributed by atoms with Crippen LogP contribution in [0.2, 0.25) is 0 Å². The lowest BCUT2D eigenvalue weighted by molar-refractivity contribution is -0.141. The minimum atomic E-state index is -0.833. The van der Waals surface area contributed by atoms with Gasteiger partial charge in [0.2, 0.25) is 0 Å². The molecule has 1 aromatic carbocycles. The zero-order valence-electron chi connectivity index (χ0n) is 10.1. The predicted octanol–water partition coefficient (Wildman–Crippen LogP) is 2.06. The smallest absolute Gasteiger partial charge is 0.306 e. The van der Waals surface area contributed by atoms with E-state index in [-0.39, 0.29) is 11.7 Å². The molecule has 0 fully saturated rings. The standard InChI is InChI=1S/C13H16FNO3/c1-9(13(17)18)3-2-8-15-12(16)10-4-6-11(14)7-5-10/h4-7,9H,2-3,8H2,1H3,(H,15,16)(H,17,18). The van der Waals surface area contributed by atoms with Crippen LogP contribution < -0.4 is 5.32 Å². The first-order chi connectivity index (χ1) is 8.50. The molecule has 0 aliphatic rings. The van der Waals surface area contributed by atoms with Crippen molar-refractivity contribution in [3.05, 3.63) is 35.6 Å². The Labute approximate surface area is 105 Å². The maximum atomic E-state index is 12.6. The van der Waals surface area contributed by atoms with E-state index in [1.807, 2.05) is 0 Å². The van der Waals surface area contributed by atoms with Crippen molar-refractivity contribution < 1.29 is 19.1 Å². The molecule has 0 heterocycles. The van der Waals surface area contributed by atoms with Crippen LogP contribution in [0.4, 0.5) is 4.39 Å². The summed E-state index contributed by atoms with van der Waals surface area (Å²) in [5, 5.41) is 11.3. The van der Waals surface area contributed by atoms with Crippen LogP contribution in [-0.4, -0.2) is 23.5 Å². The van der Waals surface area contributed by atoms with Gasteiger partial charge in [0.15, 0.2) is 0 Å². The number of rotatable bonds is 6. The van der Waals surface area contributed by atoms with Gasteiger partial charge in [-0.2, -0.15) is 0 Å². The van der Waals surface area contributed by atoms with Crippen LogP contribution in [0.3, 0.4) is 0 Å². The zero-order chi connectivity index (χ0) is 13.5. The van der Waals surface area contributed by atoms with Crippen molar-refractivity contribution in [2.75, 3.05) is 6.54 Å². The normalized spacial score (nSPS) is 11.9. The number of hydrogen-bond donors (Lipinski definition) is 2. The molecule has 1 unspecified atom stereocenters. The van der Waals surface area contributed by atoms with Crippen LogP contribution >= 0.6 is 0 Å². The van der Waals surface area contributed by atoms with Crippen LogP contribution in [0.1, 0.15) is 30.1 Å². The number of carboxylic acid groups (broad SMARTS) is 1. The van der Waals surface area contributed by atoms with Crippen molar-refractivity contribution in [1.82, 2.24) is 5.32 Å². The average molecular weight is 253 g/mol. The van der Waals surface area contributed by atoms with Crippen LogP contribution in [0.5, 0.6) is 0 Å². The van der Waals surface area contributed by atoms with Gasteiger partial charge in [0.1, 0.15) is 5.82 Å². The summed E-state index contributed by atoms with van der Waals surface area (Å²) in [5.41, 5.74) is 0.391. The Morgan fingerprint density at radius 1 is 1.33 bits per heavy atom. The van der Waals surface area contributed by atoms with Gasteiger partial charge in [0.05, 0.1) is 5.92 Å². The molecular weight excluding hydrogens is 237 g/mol. The summed E-state index contributed by atoms with van der Waals surface area (Å²) in [6, 6.07) is 5.26. The molecule has 1 aromatic rings. The highest BCUT2D eigenvalue weighted by Crippen LogP contribution is 2.05. The molecule has 0 aliphatic carbocycles. The Hall–Kier alpha value is -1.91. The van der Waals surface area contributed by atoms with E-state index in [0.29, 0.717) is 24.9 Å². The van der Waals surface area contributed by atoms with E-state index >= 15 is 0 Å². The van der Waals surface area contributed by atoms with Gasteiger partial charge in [0.25, 0.3) is 5.91 Å². The number of hydrogen-bond acceptors (Lipinski definition) is 2. The van der Waals surface area contributed by atoms with E-state index in [0.717, 1.165) is 0 Å². The number of aliphatic carboxylic acids is 1. The molecular formula is C13H16FNO3. The van der Waals surface area contributed by atoms with Gasteiger partial charge in [-0.25, -0.2) is 4.39 Å². The zero-order valence-corrected chi connectivity index (χ0v) is 10.1. The topological polar surface area (TPSA) is 66.4 Å². The van der Waals surface area contributed by atoms with Gasteiger partial charge in [-0.05, 0) is 37.1 Å². The van der Waals surface area contributed by atoms with Gasteiger partial charge in [-0.1, -0.05) is 6.92 Å². The molecule has 98 valence electrons. The molecule has 0 saturated heterocycles. The maximum absolute atomic E-state index is 12.6. The monoisotopic (exact) mass is 253 g/mol. The summed E-state index contributed by atoms with van der Waals surface area (Å²) >= 11 is 0. The first-order valence-electron chi connectivity index (χ1n) is 5.77. The molecule has 0 aliphatic heterocycles. The fraction of sp³-hybridized carbons (Fsp3) is 0.385. The number of benzene rings is 1. The molecule has 0 radical (unpaired) electrons. The second-order valence-corrected chi connectivity index (χ2v) is 4.14. The lowest BCUT2D eigenvalue weighted by Gasteiger charge is -2.07. The molecule has 4 nitrogen and oxygen atoms in total. The number of amides is 1. The fourth-order valence-corrected chi connectivity index (χ4v) is 1.44. The highest BCUT2D eigenvalue weighted by atomic mass is 19.1. The molecule has 1 rings (SSSR count). The van der Waals surface area contributed by atoms with Crippen molar-refractivity contribution in [3.63, 3.8) is 0 Å². The minimum absolute atomic E-state index is 0.280. The first kappa shape index (κ1) is 14.2. The van der Waals surface area contributed by atoms with Gasteiger partial charge in [-0.3, -0.25) is 9.59 Å². The highest BCUT2D eigenvalue weighted by molar-refractivity contribution is 5.94.